The van der Waals surface area contributed by atoms with Crippen LogP contribution in [0.15, 0.2) is 72.1 Å². The van der Waals surface area contributed by atoms with Crippen LogP contribution in [0, 0.1) is 6.92 Å². The minimum absolute atomic E-state index is 0.0813. The first kappa shape index (κ1) is 16.5. The van der Waals surface area contributed by atoms with Crippen molar-refractivity contribution in [1.29, 1.82) is 0 Å². The van der Waals surface area contributed by atoms with Gasteiger partial charge in [0.05, 0.1) is 6.04 Å². The smallest absolute Gasteiger partial charge is 0.221 e. The van der Waals surface area contributed by atoms with E-state index < -0.39 is 0 Å². The fourth-order valence-corrected chi connectivity index (χ4v) is 3.40. The molecule has 1 atom stereocenters. The third kappa shape index (κ3) is 4.33. The van der Waals surface area contributed by atoms with Gasteiger partial charge in [-0.1, -0.05) is 66.2 Å². The number of rotatable bonds is 6. The van der Waals surface area contributed by atoms with Gasteiger partial charge in [0.15, 0.2) is 0 Å². The quantitative estimate of drug-likeness (QED) is 0.682. The molecule has 0 bridgehead atoms. The summed E-state index contributed by atoms with van der Waals surface area (Å²) in [5.41, 5.74) is 3.43. The Bertz CT molecular complexity index is 763. The van der Waals surface area contributed by atoms with Gasteiger partial charge in [-0.15, -0.1) is 11.3 Å². The second kappa shape index (κ2) is 7.93. The number of amides is 1. The SMILES string of the molecule is Cc1ccc(C(NC(=O)CCc2cccs2)c2ccccc2)cc1. The van der Waals surface area contributed by atoms with Crippen LogP contribution in [0.5, 0.6) is 0 Å². The van der Waals surface area contributed by atoms with Crippen LogP contribution in [0.3, 0.4) is 0 Å². The highest BCUT2D eigenvalue weighted by atomic mass is 32.1. The van der Waals surface area contributed by atoms with E-state index in [9.17, 15) is 4.79 Å². The van der Waals surface area contributed by atoms with Crippen molar-refractivity contribution < 1.29 is 4.79 Å². The van der Waals surface area contributed by atoms with Gasteiger partial charge in [-0.2, -0.15) is 0 Å². The molecule has 1 heterocycles. The summed E-state index contributed by atoms with van der Waals surface area (Å²) in [7, 11) is 0. The Kier molecular flexibility index (Phi) is 5.44. The molecule has 2 nitrogen and oxygen atoms in total. The van der Waals surface area contributed by atoms with Crippen LogP contribution in [0.2, 0.25) is 0 Å². The summed E-state index contributed by atoms with van der Waals surface area (Å²) in [4.78, 5) is 13.7. The lowest BCUT2D eigenvalue weighted by atomic mass is 9.97. The Morgan fingerprint density at radius 1 is 0.958 bits per heavy atom. The number of hydrogen-bond donors (Lipinski definition) is 1. The molecule has 1 N–H and O–H groups in total. The normalized spacial score (nSPS) is 11.9. The standard InChI is InChI=1S/C21H21NOS/c1-16-9-11-18(12-10-16)21(17-6-3-2-4-7-17)22-20(23)14-13-19-8-5-15-24-19/h2-12,15,21H,13-14H2,1H3,(H,22,23). The molecule has 1 aromatic heterocycles. The molecule has 24 heavy (non-hydrogen) atoms. The lowest BCUT2D eigenvalue weighted by Gasteiger charge is -2.20. The van der Waals surface area contributed by atoms with Gasteiger partial charge >= 0.3 is 0 Å². The van der Waals surface area contributed by atoms with Crippen molar-refractivity contribution in [1.82, 2.24) is 5.32 Å². The third-order valence-electron chi connectivity index (χ3n) is 4.03. The number of aryl methyl sites for hydroxylation is 2. The minimum atomic E-state index is -0.109. The lowest BCUT2D eigenvalue weighted by Crippen LogP contribution is -2.29. The van der Waals surface area contributed by atoms with Gasteiger partial charge < -0.3 is 5.32 Å². The Hall–Kier alpha value is -2.39. The molecule has 0 aliphatic rings. The summed E-state index contributed by atoms with van der Waals surface area (Å²) in [6.07, 6.45) is 1.30. The van der Waals surface area contributed by atoms with Crippen LogP contribution in [-0.2, 0) is 11.2 Å². The van der Waals surface area contributed by atoms with Gasteiger partial charge in [-0.3, -0.25) is 4.79 Å². The average Bonchev–Trinajstić information content (AvgIpc) is 3.13. The van der Waals surface area contributed by atoms with Gasteiger partial charge in [0.2, 0.25) is 5.91 Å². The summed E-state index contributed by atoms with van der Waals surface area (Å²) in [5, 5.41) is 5.25. The second-order valence-corrected chi connectivity index (χ2v) is 6.93. The minimum Gasteiger partial charge on any atom is -0.345 e. The number of nitrogens with one attached hydrogen (secondary N) is 1. The Balaban J connectivity index is 1.74. The van der Waals surface area contributed by atoms with E-state index in [4.69, 9.17) is 0 Å². The van der Waals surface area contributed by atoms with Gasteiger partial charge in [-0.05, 0) is 35.9 Å². The molecular formula is C21H21NOS. The Labute approximate surface area is 147 Å². The number of benzene rings is 2. The highest BCUT2D eigenvalue weighted by molar-refractivity contribution is 7.09. The zero-order valence-electron chi connectivity index (χ0n) is 13.7. The van der Waals surface area contributed by atoms with E-state index in [1.54, 1.807) is 11.3 Å². The molecule has 0 spiro atoms. The topological polar surface area (TPSA) is 29.1 Å². The van der Waals surface area contributed by atoms with E-state index >= 15 is 0 Å². The van der Waals surface area contributed by atoms with Crippen molar-refractivity contribution in [3.63, 3.8) is 0 Å². The third-order valence-corrected chi connectivity index (χ3v) is 4.96. The summed E-state index contributed by atoms with van der Waals surface area (Å²) in [6, 6.07) is 22.5. The summed E-state index contributed by atoms with van der Waals surface area (Å²) < 4.78 is 0. The Morgan fingerprint density at radius 2 is 1.67 bits per heavy atom. The molecule has 0 aliphatic heterocycles. The molecule has 0 saturated heterocycles. The maximum Gasteiger partial charge on any atom is 0.221 e. The monoisotopic (exact) mass is 335 g/mol. The van der Waals surface area contributed by atoms with E-state index in [2.05, 4.69) is 54.7 Å². The van der Waals surface area contributed by atoms with E-state index in [0.29, 0.717) is 6.42 Å². The highest BCUT2D eigenvalue weighted by Gasteiger charge is 2.16. The molecule has 0 aliphatic carbocycles. The van der Waals surface area contributed by atoms with Crippen molar-refractivity contribution in [2.24, 2.45) is 0 Å². The fourth-order valence-electron chi connectivity index (χ4n) is 2.69. The summed E-state index contributed by atoms with van der Waals surface area (Å²) in [6.45, 7) is 2.07. The van der Waals surface area contributed by atoms with Crippen LogP contribution in [0.25, 0.3) is 0 Å². The van der Waals surface area contributed by atoms with Crippen LogP contribution >= 0.6 is 11.3 Å². The van der Waals surface area contributed by atoms with Gasteiger partial charge in [0.25, 0.3) is 0 Å². The zero-order valence-corrected chi connectivity index (χ0v) is 14.6. The largest absolute Gasteiger partial charge is 0.345 e. The molecule has 2 aromatic carbocycles. The first-order valence-corrected chi connectivity index (χ1v) is 9.03. The van der Waals surface area contributed by atoms with E-state index in [0.717, 1.165) is 17.5 Å². The van der Waals surface area contributed by atoms with Gasteiger partial charge in [-0.25, -0.2) is 0 Å². The molecule has 3 aromatic rings. The van der Waals surface area contributed by atoms with Crippen molar-refractivity contribution in [2.75, 3.05) is 0 Å². The average molecular weight is 335 g/mol. The maximum atomic E-state index is 12.5. The van der Waals surface area contributed by atoms with Crippen LogP contribution in [-0.4, -0.2) is 5.91 Å². The van der Waals surface area contributed by atoms with E-state index in [1.165, 1.54) is 10.4 Å². The molecule has 0 saturated carbocycles. The molecule has 122 valence electrons. The summed E-state index contributed by atoms with van der Waals surface area (Å²) >= 11 is 1.70. The summed E-state index contributed by atoms with van der Waals surface area (Å²) in [5.74, 6) is 0.0813. The molecular weight excluding hydrogens is 314 g/mol. The highest BCUT2D eigenvalue weighted by Crippen LogP contribution is 2.23. The zero-order chi connectivity index (χ0) is 16.8. The lowest BCUT2D eigenvalue weighted by molar-refractivity contribution is -0.121. The molecule has 0 radical (unpaired) electrons. The predicted octanol–water partition coefficient (Wildman–Crippen LogP) is 4.89. The predicted molar refractivity (Wildman–Crippen MR) is 100 cm³/mol. The van der Waals surface area contributed by atoms with Crippen molar-refractivity contribution in [2.45, 2.75) is 25.8 Å². The number of carbonyl (C=O) groups excluding carboxylic acids is 1. The number of carbonyl (C=O) groups is 1. The molecule has 1 unspecified atom stereocenters. The fraction of sp³-hybridized carbons (Fsp3) is 0.190. The van der Waals surface area contributed by atoms with Crippen LogP contribution in [0.4, 0.5) is 0 Å². The Morgan fingerprint density at radius 3 is 2.33 bits per heavy atom. The number of hydrogen-bond acceptors (Lipinski definition) is 2. The molecule has 3 rings (SSSR count). The van der Waals surface area contributed by atoms with Crippen LogP contribution < -0.4 is 5.32 Å². The van der Waals surface area contributed by atoms with Crippen molar-refractivity contribution in [3.8, 4) is 0 Å². The van der Waals surface area contributed by atoms with Crippen molar-refractivity contribution in [3.05, 3.63) is 93.7 Å². The first-order valence-electron chi connectivity index (χ1n) is 8.15. The first-order chi connectivity index (χ1) is 11.7. The van der Waals surface area contributed by atoms with E-state index in [1.807, 2.05) is 29.6 Å². The second-order valence-electron chi connectivity index (χ2n) is 5.90. The molecule has 0 fully saturated rings. The van der Waals surface area contributed by atoms with Crippen molar-refractivity contribution >= 4 is 17.2 Å². The maximum absolute atomic E-state index is 12.5. The van der Waals surface area contributed by atoms with Crippen LogP contribution in [0.1, 0.15) is 34.0 Å². The number of thiophene rings is 1. The van der Waals surface area contributed by atoms with Gasteiger partial charge in [0.1, 0.15) is 0 Å². The molecule has 3 heteroatoms. The van der Waals surface area contributed by atoms with E-state index in [-0.39, 0.29) is 11.9 Å². The molecule has 1 amide bonds. The van der Waals surface area contributed by atoms with Gasteiger partial charge in [0, 0.05) is 11.3 Å².